The number of hydrogen-bond donors (Lipinski definition) is 0. The van der Waals surface area contributed by atoms with Gasteiger partial charge in [-0.05, 0) is 37.4 Å². The monoisotopic (exact) mass is 441 g/mol. The summed E-state index contributed by atoms with van der Waals surface area (Å²) in [6, 6.07) is 12.5. The Hall–Kier alpha value is -2.71. The number of hydrogen-bond acceptors (Lipinski definition) is 7. The zero-order valence-electron chi connectivity index (χ0n) is 17.1. The van der Waals surface area contributed by atoms with E-state index < -0.39 is 5.97 Å². The first-order chi connectivity index (χ1) is 14.5. The Kier molecular flexibility index (Phi) is 7.59. The number of anilines is 1. The van der Waals surface area contributed by atoms with Crippen LogP contribution >= 0.6 is 23.1 Å². The number of carbonyl (C=O) groups is 2. The molecule has 0 aliphatic rings. The van der Waals surface area contributed by atoms with E-state index in [4.69, 9.17) is 4.74 Å². The molecule has 0 aliphatic heterocycles. The molecule has 3 aromatic rings. The molecule has 2 aromatic heterocycles. The van der Waals surface area contributed by atoms with E-state index in [1.165, 1.54) is 16.2 Å². The van der Waals surface area contributed by atoms with E-state index in [1.54, 1.807) is 48.4 Å². The van der Waals surface area contributed by atoms with Gasteiger partial charge in [-0.3, -0.25) is 14.7 Å². The van der Waals surface area contributed by atoms with E-state index in [1.807, 2.05) is 38.3 Å². The molecule has 3 rings (SSSR count). The predicted octanol–water partition coefficient (Wildman–Crippen LogP) is 4.66. The second-order valence-corrected chi connectivity index (χ2v) is 8.59. The topological polar surface area (TPSA) is 72.4 Å². The minimum atomic E-state index is -0.472. The van der Waals surface area contributed by atoms with Crippen molar-refractivity contribution in [2.45, 2.75) is 13.8 Å². The van der Waals surface area contributed by atoms with Crippen LogP contribution in [-0.4, -0.2) is 40.6 Å². The molecule has 1 amide bonds. The van der Waals surface area contributed by atoms with Crippen LogP contribution in [0.4, 0.5) is 5.00 Å². The van der Waals surface area contributed by atoms with E-state index in [0.29, 0.717) is 22.0 Å². The van der Waals surface area contributed by atoms with Gasteiger partial charge in [0.15, 0.2) is 6.73 Å². The standard InChI is InChI=1S/C22H23N3O3S2/c1-15(13-29-3)20(26)25(14-28-22(27)17-8-5-4-6-9-17)21-16(2)24-19(30-21)18-10-7-11-23-12-18/h4-12,15H,13-14H2,1-3H3. The summed E-state index contributed by atoms with van der Waals surface area (Å²) in [5, 5.41) is 1.44. The number of thioether (sulfide) groups is 1. The van der Waals surface area contributed by atoms with Crippen molar-refractivity contribution in [2.24, 2.45) is 5.92 Å². The van der Waals surface area contributed by atoms with Crippen LogP contribution in [0, 0.1) is 12.8 Å². The number of thiazole rings is 1. The van der Waals surface area contributed by atoms with Crippen LogP contribution in [0.3, 0.4) is 0 Å². The molecule has 30 heavy (non-hydrogen) atoms. The highest BCUT2D eigenvalue weighted by Gasteiger charge is 2.27. The number of rotatable bonds is 8. The maximum Gasteiger partial charge on any atom is 0.339 e. The zero-order chi connectivity index (χ0) is 21.5. The van der Waals surface area contributed by atoms with Crippen LogP contribution in [0.5, 0.6) is 0 Å². The molecule has 0 N–H and O–H groups in total. The lowest BCUT2D eigenvalue weighted by molar-refractivity contribution is -0.122. The Morgan fingerprint density at radius 2 is 1.97 bits per heavy atom. The second-order valence-electron chi connectivity index (χ2n) is 6.70. The molecule has 0 saturated carbocycles. The molecular weight excluding hydrogens is 418 g/mol. The average molecular weight is 442 g/mol. The molecule has 1 unspecified atom stereocenters. The fraction of sp³-hybridized carbons (Fsp3) is 0.273. The van der Waals surface area contributed by atoms with Crippen LogP contribution in [0.25, 0.3) is 10.6 Å². The Morgan fingerprint density at radius 3 is 2.63 bits per heavy atom. The largest absolute Gasteiger partial charge is 0.440 e. The number of aryl methyl sites for hydroxylation is 1. The van der Waals surface area contributed by atoms with Gasteiger partial charge in [-0.15, -0.1) is 0 Å². The summed E-state index contributed by atoms with van der Waals surface area (Å²) in [5.41, 5.74) is 2.03. The Bertz CT molecular complexity index is 993. The Labute approximate surface area is 184 Å². The SMILES string of the molecule is CSCC(C)C(=O)N(COC(=O)c1ccccc1)c1sc(-c2cccnc2)nc1C. The molecular formula is C22H23N3O3S2. The highest BCUT2D eigenvalue weighted by molar-refractivity contribution is 7.98. The molecule has 1 atom stereocenters. The first kappa shape index (κ1) is 22.0. The lowest BCUT2D eigenvalue weighted by Crippen LogP contribution is -2.38. The van der Waals surface area contributed by atoms with E-state index in [2.05, 4.69) is 9.97 Å². The molecule has 2 heterocycles. The van der Waals surface area contributed by atoms with Crippen LogP contribution < -0.4 is 4.90 Å². The number of nitrogens with zero attached hydrogens (tertiary/aromatic N) is 3. The first-order valence-electron chi connectivity index (χ1n) is 9.41. The van der Waals surface area contributed by atoms with E-state index in [0.717, 1.165) is 10.6 Å². The van der Waals surface area contributed by atoms with Gasteiger partial charge < -0.3 is 4.74 Å². The lowest BCUT2D eigenvalue weighted by Gasteiger charge is -2.24. The molecule has 156 valence electrons. The lowest BCUT2D eigenvalue weighted by atomic mass is 10.2. The highest BCUT2D eigenvalue weighted by Crippen LogP contribution is 2.35. The molecule has 6 nitrogen and oxygen atoms in total. The number of benzene rings is 1. The number of esters is 1. The van der Waals surface area contributed by atoms with Crippen molar-refractivity contribution in [1.29, 1.82) is 0 Å². The minimum absolute atomic E-state index is 0.102. The number of ether oxygens (including phenoxy) is 1. The highest BCUT2D eigenvalue weighted by atomic mass is 32.2. The molecule has 1 aromatic carbocycles. The third-order valence-electron chi connectivity index (χ3n) is 4.36. The number of carbonyl (C=O) groups excluding carboxylic acids is 2. The maximum atomic E-state index is 13.2. The number of pyridine rings is 1. The quantitative estimate of drug-likeness (QED) is 0.374. The summed E-state index contributed by atoms with van der Waals surface area (Å²) in [4.78, 5) is 35.9. The second kappa shape index (κ2) is 10.4. The molecule has 0 radical (unpaired) electrons. The van der Waals surface area contributed by atoms with Gasteiger partial charge in [0.25, 0.3) is 0 Å². The third kappa shape index (κ3) is 5.25. The van der Waals surface area contributed by atoms with Crippen molar-refractivity contribution < 1.29 is 14.3 Å². The van der Waals surface area contributed by atoms with Gasteiger partial charge in [-0.2, -0.15) is 11.8 Å². The van der Waals surface area contributed by atoms with Gasteiger partial charge in [0.05, 0.1) is 11.3 Å². The number of aromatic nitrogens is 2. The molecule has 8 heteroatoms. The normalized spacial score (nSPS) is 11.7. The third-order valence-corrected chi connectivity index (χ3v) is 6.43. The van der Waals surface area contributed by atoms with Gasteiger partial charge in [0.2, 0.25) is 5.91 Å². The summed E-state index contributed by atoms with van der Waals surface area (Å²) >= 11 is 2.99. The van der Waals surface area contributed by atoms with Crippen LogP contribution in [0.1, 0.15) is 23.0 Å². The van der Waals surface area contributed by atoms with Gasteiger partial charge in [0.1, 0.15) is 10.0 Å². The van der Waals surface area contributed by atoms with Crippen LogP contribution in [0.2, 0.25) is 0 Å². The van der Waals surface area contributed by atoms with Gasteiger partial charge in [-0.25, -0.2) is 9.78 Å². The Morgan fingerprint density at radius 1 is 1.20 bits per heavy atom. The summed E-state index contributed by atoms with van der Waals surface area (Å²) in [5.74, 6) is -0.121. The average Bonchev–Trinajstić information content (AvgIpc) is 3.16. The van der Waals surface area contributed by atoms with Crippen molar-refractivity contribution in [3.63, 3.8) is 0 Å². The smallest absolute Gasteiger partial charge is 0.339 e. The van der Waals surface area contributed by atoms with Crippen molar-refractivity contribution in [1.82, 2.24) is 9.97 Å². The fourth-order valence-corrected chi connectivity index (χ4v) is 4.54. The first-order valence-corrected chi connectivity index (χ1v) is 11.6. The van der Waals surface area contributed by atoms with E-state index >= 15 is 0 Å². The van der Waals surface area contributed by atoms with E-state index in [-0.39, 0.29) is 18.6 Å². The van der Waals surface area contributed by atoms with Gasteiger partial charge in [0, 0.05) is 29.6 Å². The molecule has 0 bridgehead atoms. The summed E-state index contributed by atoms with van der Waals surface area (Å²) in [7, 11) is 0. The Balaban J connectivity index is 1.87. The predicted molar refractivity (Wildman–Crippen MR) is 122 cm³/mol. The van der Waals surface area contributed by atoms with Gasteiger partial charge >= 0.3 is 5.97 Å². The molecule has 0 saturated heterocycles. The van der Waals surface area contributed by atoms with Crippen molar-refractivity contribution in [3.8, 4) is 10.6 Å². The maximum absolute atomic E-state index is 13.2. The fourth-order valence-electron chi connectivity index (χ4n) is 2.84. The molecule has 0 fully saturated rings. The molecule has 0 aliphatic carbocycles. The number of amides is 1. The van der Waals surface area contributed by atoms with Crippen LogP contribution in [-0.2, 0) is 9.53 Å². The van der Waals surface area contributed by atoms with Crippen molar-refractivity contribution >= 4 is 40.0 Å². The van der Waals surface area contributed by atoms with E-state index in [9.17, 15) is 9.59 Å². The molecule has 0 spiro atoms. The summed E-state index contributed by atoms with van der Waals surface area (Å²) < 4.78 is 5.49. The van der Waals surface area contributed by atoms with Crippen LogP contribution in [0.15, 0.2) is 54.9 Å². The summed E-state index contributed by atoms with van der Waals surface area (Å²) in [6.45, 7) is 3.56. The zero-order valence-corrected chi connectivity index (χ0v) is 18.7. The van der Waals surface area contributed by atoms with Crippen molar-refractivity contribution in [3.05, 3.63) is 66.1 Å². The van der Waals surface area contributed by atoms with Crippen molar-refractivity contribution in [2.75, 3.05) is 23.6 Å². The minimum Gasteiger partial charge on any atom is -0.440 e. The summed E-state index contributed by atoms with van der Waals surface area (Å²) in [6.07, 6.45) is 5.40. The van der Waals surface area contributed by atoms with Gasteiger partial charge in [-0.1, -0.05) is 36.5 Å².